The summed E-state index contributed by atoms with van der Waals surface area (Å²) in [6.07, 6.45) is 0. The van der Waals surface area contributed by atoms with Gasteiger partial charge in [-0.05, 0) is 55.0 Å². The third kappa shape index (κ3) is 4.06. The molecule has 0 spiro atoms. The van der Waals surface area contributed by atoms with E-state index >= 15 is 0 Å². The molecule has 1 aliphatic heterocycles. The highest BCUT2D eigenvalue weighted by Gasteiger charge is 2.39. The van der Waals surface area contributed by atoms with Gasteiger partial charge < -0.3 is 10.6 Å². The molecule has 1 heterocycles. The third-order valence-electron chi connectivity index (χ3n) is 4.83. The van der Waals surface area contributed by atoms with Crippen LogP contribution in [0.1, 0.15) is 15.9 Å². The van der Waals surface area contributed by atoms with Crippen LogP contribution in [0.2, 0.25) is 0 Å². The number of halogens is 1. The van der Waals surface area contributed by atoms with Gasteiger partial charge in [0.15, 0.2) is 0 Å². The van der Waals surface area contributed by atoms with E-state index in [0.29, 0.717) is 22.6 Å². The normalized spacial score (nSPS) is 13.5. The average Bonchev–Trinajstić information content (AvgIpc) is 2.98. The minimum absolute atomic E-state index is 0.00333. The lowest BCUT2D eigenvalue weighted by atomic mass is 10.1. The van der Waals surface area contributed by atoms with Crippen molar-refractivity contribution < 1.29 is 14.4 Å². The van der Waals surface area contributed by atoms with Crippen LogP contribution in [-0.4, -0.2) is 17.7 Å². The zero-order valence-corrected chi connectivity index (χ0v) is 17.3. The quantitative estimate of drug-likeness (QED) is 0.575. The molecule has 1 aliphatic rings. The lowest BCUT2D eigenvalue weighted by Gasteiger charge is -2.17. The molecular weight excluding hydrogens is 414 g/mol. The summed E-state index contributed by atoms with van der Waals surface area (Å²) in [6, 6.07) is 22.7. The number of benzene rings is 3. The van der Waals surface area contributed by atoms with Gasteiger partial charge in [0, 0.05) is 16.9 Å². The first-order chi connectivity index (χ1) is 15.0. The van der Waals surface area contributed by atoms with Gasteiger partial charge >= 0.3 is 0 Å². The Labute approximate surface area is 184 Å². The van der Waals surface area contributed by atoms with Crippen molar-refractivity contribution in [1.29, 1.82) is 0 Å². The predicted molar refractivity (Wildman–Crippen MR) is 121 cm³/mol. The van der Waals surface area contributed by atoms with Crippen molar-refractivity contribution in [2.75, 3.05) is 15.5 Å². The van der Waals surface area contributed by atoms with Crippen LogP contribution in [0.25, 0.3) is 0 Å². The molecule has 0 saturated heterocycles. The fourth-order valence-electron chi connectivity index (χ4n) is 3.22. The van der Waals surface area contributed by atoms with E-state index in [0.717, 1.165) is 10.5 Å². The molecule has 3 amide bonds. The molecule has 0 bridgehead atoms. The Bertz CT molecular complexity index is 1200. The van der Waals surface area contributed by atoms with Crippen LogP contribution < -0.4 is 15.5 Å². The molecule has 0 radical (unpaired) electrons. The minimum atomic E-state index is -0.581. The van der Waals surface area contributed by atoms with E-state index in [1.54, 1.807) is 48.5 Å². The maximum Gasteiger partial charge on any atom is 0.283 e. The van der Waals surface area contributed by atoms with E-state index in [1.807, 2.05) is 37.3 Å². The van der Waals surface area contributed by atoms with Gasteiger partial charge in [-0.2, -0.15) is 0 Å². The number of nitrogens with zero attached hydrogens (tertiary/aromatic N) is 1. The lowest BCUT2D eigenvalue weighted by molar-refractivity contribution is -0.120. The maximum absolute atomic E-state index is 12.9. The van der Waals surface area contributed by atoms with Crippen LogP contribution in [0.4, 0.5) is 17.1 Å². The van der Waals surface area contributed by atoms with Crippen molar-refractivity contribution in [2.24, 2.45) is 0 Å². The molecule has 0 atom stereocenters. The molecule has 0 aromatic heterocycles. The minimum Gasteiger partial charge on any atom is -0.350 e. The number of carbonyl (C=O) groups excluding carboxylic acids is 3. The van der Waals surface area contributed by atoms with E-state index in [1.165, 1.54) is 0 Å². The van der Waals surface area contributed by atoms with Crippen molar-refractivity contribution in [1.82, 2.24) is 0 Å². The van der Waals surface area contributed by atoms with Gasteiger partial charge in [0.1, 0.15) is 10.7 Å². The van der Waals surface area contributed by atoms with E-state index in [-0.39, 0.29) is 16.6 Å². The predicted octanol–water partition coefficient (Wildman–Crippen LogP) is 4.68. The number of para-hydroxylation sites is 2. The van der Waals surface area contributed by atoms with Gasteiger partial charge in [0.05, 0.1) is 5.69 Å². The first kappa shape index (κ1) is 20.4. The van der Waals surface area contributed by atoms with Gasteiger partial charge in [0.2, 0.25) is 0 Å². The van der Waals surface area contributed by atoms with Gasteiger partial charge in [-0.3, -0.25) is 14.4 Å². The van der Waals surface area contributed by atoms with Crippen LogP contribution in [0.3, 0.4) is 0 Å². The third-order valence-corrected chi connectivity index (χ3v) is 5.18. The summed E-state index contributed by atoms with van der Waals surface area (Å²) >= 11 is 6.18. The largest absolute Gasteiger partial charge is 0.350 e. The molecule has 2 N–H and O–H groups in total. The fourth-order valence-corrected chi connectivity index (χ4v) is 3.43. The van der Waals surface area contributed by atoms with Gasteiger partial charge in [-0.1, -0.05) is 48.0 Å². The summed E-state index contributed by atoms with van der Waals surface area (Å²) in [5, 5.41) is 5.53. The Morgan fingerprint density at radius 3 is 2.13 bits per heavy atom. The first-order valence-corrected chi connectivity index (χ1v) is 9.91. The summed E-state index contributed by atoms with van der Waals surface area (Å²) in [4.78, 5) is 38.9. The second kappa shape index (κ2) is 8.45. The zero-order chi connectivity index (χ0) is 22.0. The number of rotatable bonds is 5. The van der Waals surface area contributed by atoms with E-state index in [4.69, 9.17) is 11.6 Å². The second-order valence-electron chi connectivity index (χ2n) is 6.94. The van der Waals surface area contributed by atoms with Gasteiger partial charge in [-0.15, -0.1) is 0 Å². The number of nitrogens with one attached hydrogen (secondary N) is 2. The molecule has 7 heteroatoms. The highest BCUT2D eigenvalue weighted by atomic mass is 35.5. The number of anilines is 3. The lowest BCUT2D eigenvalue weighted by Crippen LogP contribution is -2.32. The second-order valence-corrected chi connectivity index (χ2v) is 7.32. The van der Waals surface area contributed by atoms with Crippen LogP contribution in [0.5, 0.6) is 0 Å². The van der Waals surface area contributed by atoms with Crippen LogP contribution in [0.15, 0.2) is 89.6 Å². The number of hydrogen-bond donors (Lipinski definition) is 2. The summed E-state index contributed by atoms with van der Waals surface area (Å²) in [5.41, 5.74) is 2.93. The van der Waals surface area contributed by atoms with Crippen LogP contribution in [0, 0.1) is 6.92 Å². The van der Waals surface area contributed by atoms with Crippen LogP contribution in [-0.2, 0) is 9.59 Å². The molecule has 0 unspecified atom stereocenters. The maximum atomic E-state index is 12.9. The van der Waals surface area contributed by atoms with Crippen LogP contribution >= 0.6 is 11.6 Å². The molecule has 0 saturated carbocycles. The van der Waals surface area contributed by atoms with Crippen molar-refractivity contribution in [3.8, 4) is 0 Å². The van der Waals surface area contributed by atoms with Crippen molar-refractivity contribution in [3.63, 3.8) is 0 Å². The van der Waals surface area contributed by atoms with Gasteiger partial charge in [-0.25, -0.2) is 4.90 Å². The Morgan fingerprint density at radius 2 is 1.45 bits per heavy atom. The Morgan fingerprint density at radius 1 is 0.806 bits per heavy atom. The average molecular weight is 432 g/mol. The van der Waals surface area contributed by atoms with E-state index < -0.39 is 11.8 Å². The molecular formula is C24H18ClN3O3. The topological polar surface area (TPSA) is 78.5 Å². The van der Waals surface area contributed by atoms with Crippen molar-refractivity contribution in [3.05, 3.63) is 101 Å². The number of imide groups is 1. The first-order valence-electron chi connectivity index (χ1n) is 9.53. The highest BCUT2D eigenvalue weighted by molar-refractivity contribution is 6.53. The SMILES string of the molecule is Cc1ccccc1N1C(=O)C(Cl)=C(Nc2ccc(C(=O)Nc3ccccc3)cc2)C1=O. The zero-order valence-electron chi connectivity index (χ0n) is 16.6. The Hall–Kier alpha value is -3.90. The molecule has 3 aromatic rings. The Balaban J connectivity index is 1.50. The number of carbonyl (C=O) groups is 3. The van der Waals surface area contributed by atoms with Crippen molar-refractivity contribution in [2.45, 2.75) is 6.92 Å². The van der Waals surface area contributed by atoms with Gasteiger partial charge in [0.25, 0.3) is 17.7 Å². The summed E-state index contributed by atoms with van der Waals surface area (Å²) in [6.45, 7) is 1.81. The standard InChI is InChI=1S/C24H18ClN3O3/c1-15-7-5-6-10-19(15)28-23(30)20(25)21(24(28)31)26-18-13-11-16(12-14-18)22(29)27-17-8-3-2-4-9-17/h2-14,26H,1H3,(H,27,29). The summed E-state index contributed by atoms with van der Waals surface area (Å²) < 4.78 is 0. The van der Waals surface area contributed by atoms with Crippen molar-refractivity contribution >= 4 is 46.4 Å². The number of hydrogen-bond acceptors (Lipinski definition) is 4. The molecule has 31 heavy (non-hydrogen) atoms. The smallest absolute Gasteiger partial charge is 0.283 e. The molecule has 4 rings (SSSR count). The Kier molecular flexibility index (Phi) is 5.56. The summed E-state index contributed by atoms with van der Waals surface area (Å²) in [5.74, 6) is -1.37. The highest BCUT2D eigenvalue weighted by Crippen LogP contribution is 2.31. The van der Waals surface area contributed by atoms with E-state index in [2.05, 4.69) is 10.6 Å². The molecule has 0 fully saturated rings. The monoisotopic (exact) mass is 431 g/mol. The van der Waals surface area contributed by atoms with E-state index in [9.17, 15) is 14.4 Å². The molecule has 0 aliphatic carbocycles. The molecule has 3 aromatic carbocycles. The number of amides is 3. The molecule has 6 nitrogen and oxygen atoms in total. The fraction of sp³-hybridized carbons (Fsp3) is 0.0417. The number of aryl methyl sites for hydroxylation is 1. The summed E-state index contributed by atoms with van der Waals surface area (Å²) in [7, 11) is 0. The molecule has 154 valence electrons.